The summed E-state index contributed by atoms with van der Waals surface area (Å²) in [6, 6.07) is 19.9. The zero-order valence-corrected chi connectivity index (χ0v) is 18.8. The number of thiophene rings is 1. The summed E-state index contributed by atoms with van der Waals surface area (Å²) < 4.78 is 5.24. The minimum absolute atomic E-state index is 0.109. The van der Waals surface area contributed by atoms with Gasteiger partial charge in [-0.25, -0.2) is 4.79 Å². The number of aromatic nitrogens is 2. The van der Waals surface area contributed by atoms with Gasteiger partial charge in [0.1, 0.15) is 0 Å². The molecule has 9 heteroatoms. The Morgan fingerprint density at radius 1 is 0.970 bits per heavy atom. The lowest BCUT2D eigenvalue weighted by Crippen LogP contribution is -2.26. The molecule has 4 rings (SSSR count). The molecule has 0 aliphatic rings. The van der Waals surface area contributed by atoms with E-state index in [0.29, 0.717) is 29.5 Å². The van der Waals surface area contributed by atoms with E-state index in [1.165, 1.54) is 11.3 Å². The predicted octanol–water partition coefficient (Wildman–Crippen LogP) is 5.25. The van der Waals surface area contributed by atoms with Gasteiger partial charge in [0.05, 0.1) is 10.9 Å². The molecular weight excluding hydrogens is 438 g/mol. The zero-order chi connectivity index (χ0) is 23.0. The first kappa shape index (κ1) is 22.2. The van der Waals surface area contributed by atoms with Gasteiger partial charge in [0.15, 0.2) is 0 Å². The van der Waals surface area contributed by atoms with Crippen molar-refractivity contribution in [3.8, 4) is 10.7 Å². The molecule has 0 spiro atoms. The Labute approximate surface area is 195 Å². The lowest BCUT2D eigenvalue weighted by Gasteiger charge is -2.15. The Morgan fingerprint density at radius 3 is 2.39 bits per heavy atom. The molecule has 33 heavy (non-hydrogen) atoms. The molecule has 0 radical (unpaired) electrons. The standard InChI is InChI=1S/C24H23N5O3S/c1-16(25-21(30)13-14-22-28-23(29-32-22)20-8-5-15-33-20)17-9-11-19(12-10-17)27-24(31)26-18-6-3-2-4-7-18/h2-12,15-16H,13-14H2,1H3,(H,25,30)(H2,26,27,31). The Bertz CT molecular complexity index is 1190. The van der Waals surface area contributed by atoms with E-state index in [1.807, 2.05) is 66.9 Å². The number of carbonyl (C=O) groups excluding carboxylic acids is 2. The molecular formula is C24H23N5O3S. The molecule has 2 aromatic carbocycles. The third-order valence-corrected chi connectivity index (χ3v) is 5.72. The van der Waals surface area contributed by atoms with Crippen LogP contribution in [0, 0.1) is 0 Å². The highest BCUT2D eigenvalue weighted by Gasteiger charge is 2.14. The molecule has 0 saturated carbocycles. The zero-order valence-electron chi connectivity index (χ0n) is 17.9. The van der Waals surface area contributed by atoms with Crippen molar-refractivity contribution in [2.45, 2.75) is 25.8 Å². The second-order valence-corrected chi connectivity index (χ2v) is 8.29. The van der Waals surface area contributed by atoms with Crippen molar-refractivity contribution in [3.05, 3.63) is 83.6 Å². The van der Waals surface area contributed by atoms with Gasteiger partial charge >= 0.3 is 6.03 Å². The fraction of sp³-hybridized carbons (Fsp3) is 0.167. The number of urea groups is 1. The molecule has 8 nitrogen and oxygen atoms in total. The van der Waals surface area contributed by atoms with E-state index in [1.54, 1.807) is 12.1 Å². The van der Waals surface area contributed by atoms with Gasteiger partial charge in [0.25, 0.3) is 0 Å². The highest BCUT2D eigenvalue weighted by molar-refractivity contribution is 7.13. The van der Waals surface area contributed by atoms with E-state index < -0.39 is 0 Å². The van der Waals surface area contributed by atoms with Crippen LogP contribution in [-0.4, -0.2) is 22.1 Å². The third-order valence-electron chi connectivity index (χ3n) is 4.85. The SMILES string of the molecule is CC(NC(=O)CCc1nc(-c2cccs2)no1)c1ccc(NC(=O)Nc2ccccc2)cc1. The number of rotatable bonds is 8. The van der Waals surface area contributed by atoms with E-state index in [9.17, 15) is 9.59 Å². The molecule has 0 aliphatic heterocycles. The Balaban J connectivity index is 1.23. The third kappa shape index (κ3) is 6.27. The Hall–Kier alpha value is -3.98. The molecule has 0 aliphatic carbocycles. The number of anilines is 2. The Kier molecular flexibility index (Phi) is 7.11. The van der Waals surface area contributed by atoms with Gasteiger partial charge in [-0.3, -0.25) is 4.79 Å². The maximum absolute atomic E-state index is 12.4. The van der Waals surface area contributed by atoms with Gasteiger partial charge in [-0.1, -0.05) is 41.6 Å². The molecule has 168 valence electrons. The normalized spacial score (nSPS) is 11.5. The maximum atomic E-state index is 12.4. The average molecular weight is 462 g/mol. The summed E-state index contributed by atoms with van der Waals surface area (Å²) in [5.41, 5.74) is 2.30. The number of benzene rings is 2. The smallest absolute Gasteiger partial charge is 0.323 e. The topological polar surface area (TPSA) is 109 Å². The van der Waals surface area contributed by atoms with Crippen LogP contribution >= 0.6 is 11.3 Å². The summed E-state index contributed by atoms with van der Waals surface area (Å²) >= 11 is 1.53. The molecule has 4 aromatic rings. The van der Waals surface area contributed by atoms with E-state index in [-0.39, 0.29) is 24.4 Å². The number of nitrogens with one attached hydrogen (secondary N) is 3. The van der Waals surface area contributed by atoms with E-state index in [0.717, 1.165) is 10.4 Å². The number of hydrogen-bond acceptors (Lipinski definition) is 6. The first-order valence-corrected chi connectivity index (χ1v) is 11.3. The lowest BCUT2D eigenvalue weighted by atomic mass is 10.1. The van der Waals surface area contributed by atoms with Gasteiger partial charge in [-0.05, 0) is 48.2 Å². The minimum Gasteiger partial charge on any atom is -0.350 e. The van der Waals surface area contributed by atoms with Crippen LogP contribution in [0.3, 0.4) is 0 Å². The van der Waals surface area contributed by atoms with Crippen molar-refractivity contribution in [1.82, 2.24) is 15.5 Å². The first-order chi connectivity index (χ1) is 16.1. The summed E-state index contributed by atoms with van der Waals surface area (Å²) in [7, 11) is 0. The quantitative estimate of drug-likeness (QED) is 0.332. The summed E-state index contributed by atoms with van der Waals surface area (Å²) in [6.07, 6.45) is 0.617. The number of carbonyl (C=O) groups is 2. The van der Waals surface area contributed by atoms with Crippen LogP contribution in [0.15, 0.2) is 76.6 Å². The van der Waals surface area contributed by atoms with Crippen LogP contribution in [0.2, 0.25) is 0 Å². The highest BCUT2D eigenvalue weighted by atomic mass is 32.1. The summed E-state index contributed by atoms with van der Waals surface area (Å²) in [6.45, 7) is 1.91. The monoisotopic (exact) mass is 461 g/mol. The van der Waals surface area contributed by atoms with Crippen LogP contribution < -0.4 is 16.0 Å². The molecule has 3 N–H and O–H groups in total. The number of amides is 3. The molecule has 0 saturated heterocycles. The van der Waals surface area contributed by atoms with Crippen LogP contribution in [0.25, 0.3) is 10.7 Å². The summed E-state index contributed by atoms with van der Waals surface area (Å²) in [4.78, 5) is 29.7. The van der Waals surface area contributed by atoms with Crippen molar-refractivity contribution < 1.29 is 14.1 Å². The molecule has 2 heterocycles. The van der Waals surface area contributed by atoms with Crippen molar-refractivity contribution in [2.24, 2.45) is 0 Å². The summed E-state index contributed by atoms with van der Waals surface area (Å²) in [5, 5.41) is 14.4. The number of hydrogen-bond donors (Lipinski definition) is 3. The Morgan fingerprint density at radius 2 is 1.70 bits per heavy atom. The largest absolute Gasteiger partial charge is 0.350 e. The molecule has 1 unspecified atom stereocenters. The lowest BCUT2D eigenvalue weighted by molar-refractivity contribution is -0.121. The molecule has 1 atom stereocenters. The van der Waals surface area contributed by atoms with E-state index in [2.05, 4.69) is 26.1 Å². The van der Waals surface area contributed by atoms with E-state index >= 15 is 0 Å². The van der Waals surface area contributed by atoms with Gasteiger partial charge in [-0.15, -0.1) is 11.3 Å². The first-order valence-electron chi connectivity index (χ1n) is 10.5. The van der Waals surface area contributed by atoms with E-state index in [4.69, 9.17) is 4.52 Å². The van der Waals surface area contributed by atoms with Gasteiger partial charge < -0.3 is 20.5 Å². The average Bonchev–Trinajstić information content (AvgIpc) is 3.51. The minimum atomic E-state index is -0.321. The van der Waals surface area contributed by atoms with Crippen LogP contribution in [0.1, 0.15) is 30.8 Å². The van der Waals surface area contributed by atoms with Crippen molar-refractivity contribution in [2.75, 3.05) is 10.6 Å². The van der Waals surface area contributed by atoms with Gasteiger partial charge in [0.2, 0.25) is 17.6 Å². The van der Waals surface area contributed by atoms with Crippen molar-refractivity contribution >= 4 is 34.6 Å². The fourth-order valence-electron chi connectivity index (χ4n) is 3.15. The fourth-order valence-corrected chi connectivity index (χ4v) is 3.80. The molecule has 0 bridgehead atoms. The second-order valence-electron chi connectivity index (χ2n) is 7.35. The number of aryl methyl sites for hydroxylation is 1. The van der Waals surface area contributed by atoms with Gasteiger partial charge in [-0.2, -0.15) is 4.98 Å². The van der Waals surface area contributed by atoms with Crippen LogP contribution in [0.5, 0.6) is 0 Å². The highest BCUT2D eigenvalue weighted by Crippen LogP contribution is 2.22. The van der Waals surface area contributed by atoms with Crippen molar-refractivity contribution in [3.63, 3.8) is 0 Å². The predicted molar refractivity (Wildman–Crippen MR) is 128 cm³/mol. The molecule has 2 aromatic heterocycles. The van der Waals surface area contributed by atoms with Crippen molar-refractivity contribution in [1.29, 1.82) is 0 Å². The second kappa shape index (κ2) is 10.6. The number of para-hydroxylation sites is 1. The number of nitrogens with zero attached hydrogens (tertiary/aromatic N) is 2. The molecule has 0 fully saturated rings. The summed E-state index contributed by atoms with van der Waals surface area (Å²) in [5.74, 6) is 0.869. The van der Waals surface area contributed by atoms with Gasteiger partial charge in [0, 0.05) is 24.2 Å². The maximum Gasteiger partial charge on any atom is 0.323 e. The van der Waals surface area contributed by atoms with Crippen LogP contribution in [0.4, 0.5) is 16.2 Å². The van der Waals surface area contributed by atoms with Crippen LogP contribution in [-0.2, 0) is 11.2 Å². The molecule has 3 amide bonds.